The third kappa shape index (κ3) is 8.64. The quantitative estimate of drug-likeness (QED) is 0.554. The van der Waals surface area contributed by atoms with Crippen molar-refractivity contribution in [2.75, 3.05) is 26.2 Å². The molecule has 0 N–H and O–H groups in total. The minimum atomic E-state index is -4.91. The van der Waals surface area contributed by atoms with Gasteiger partial charge in [0.2, 0.25) is 5.78 Å². The van der Waals surface area contributed by atoms with Crippen molar-refractivity contribution in [2.24, 2.45) is 0 Å². The molecular weight excluding hydrogens is 259 g/mol. The highest BCUT2D eigenvalue weighted by atomic mass is 19.4. The molecule has 0 saturated heterocycles. The van der Waals surface area contributed by atoms with Gasteiger partial charge in [0.15, 0.2) is 0 Å². The maximum atomic E-state index is 11.3. The van der Waals surface area contributed by atoms with Crippen molar-refractivity contribution in [3.8, 4) is 0 Å². The molecule has 0 aliphatic heterocycles. The van der Waals surface area contributed by atoms with E-state index in [9.17, 15) is 23.1 Å². The first-order valence-corrected chi connectivity index (χ1v) is 6.38. The van der Waals surface area contributed by atoms with Crippen LogP contribution in [0.25, 0.3) is 0 Å². The monoisotopic (exact) mass is 283 g/mol. The minimum absolute atomic E-state index is 1.03. The van der Waals surface area contributed by atoms with E-state index >= 15 is 0 Å². The molecule has 0 unspecified atom stereocenters. The summed E-state index contributed by atoms with van der Waals surface area (Å²) in [5, 5.41) is 9.87. The lowest BCUT2D eigenvalue weighted by Gasteiger charge is -2.34. The van der Waals surface area contributed by atoms with Crippen LogP contribution in [0.4, 0.5) is 13.2 Å². The second-order valence-electron chi connectivity index (χ2n) is 4.24. The van der Waals surface area contributed by atoms with Gasteiger partial charge in [0.05, 0.1) is 26.2 Å². The van der Waals surface area contributed by atoms with E-state index in [2.05, 4.69) is 34.3 Å². The molecule has 0 aromatic heterocycles. The zero-order chi connectivity index (χ0) is 15.7. The van der Waals surface area contributed by atoms with Crippen LogP contribution in [0.1, 0.15) is 34.1 Å². The summed E-state index contributed by atoms with van der Waals surface area (Å²) in [5.74, 6) is -3.07. The lowest BCUT2D eigenvalue weighted by molar-refractivity contribution is -0.921. The predicted octanol–water partition coefficient (Wildman–Crippen LogP) is 2.26. The topological polar surface area (TPSA) is 40.1 Å². The zero-order valence-electron chi connectivity index (χ0n) is 12.1. The number of rotatable bonds is 6. The number of Topliss-reactive ketones (excluding diaryl/α,β-unsaturated/α-hetero) is 1. The average Bonchev–Trinajstić information content (AvgIpc) is 2.31. The number of carbonyl (C=O) groups is 1. The van der Waals surface area contributed by atoms with Crippen LogP contribution >= 0.6 is 0 Å². The second-order valence-corrected chi connectivity index (χ2v) is 4.24. The number of ketones is 1. The van der Waals surface area contributed by atoms with Crippen LogP contribution in [-0.4, -0.2) is 42.6 Å². The Labute approximate surface area is 113 Å². The number of alkyl halides is 3. The van der Waals surface area contributed by atoms with E-state index < -0.39 is 24.1 Å². The molecule has 0 saturated carbocycles. The molecule has 114 valence electrons. The molecular formula is C13H24F3NO2. The predicted molar refractivity (Wildman–Crippen MR) is 67.2 cm³/mol. The summed E-state index contributed by atoms with van der Waals surface area (Å²) in [4.78, 5) is 9.89. The number of quaternary nitrogens is 1. The number of nitrogens with zero attached hydrogens (tertiary/aromatic N) is 1. The first-order chi connectivity index (χ1) is 8.58. The molecule has 19 heavy (non-hydrogen) atoms. The summed E-state index contributed by atoms with van der Waals surface area (Å²) in [5.41, 5.74) is 0. The molecule has 0 aliphatic carbocycles. The van der Waals surface area contributed by atoms with Gasteiger partial charge in [-0.15, -0.1) is 12.3 Å². The normalized spacial score (nSPS) is 11.5. The fraction of sp³-hybridized carbons (Fsp3) is 0.769. The van der Waals surface area contributed by atoms with E-state index in [0.29, 0.717) is 0 Å². The molecule has 0 aromatic carbocycles. The van der Waals surface area contributed by atoms with Crippen LogP contribution in [0.3, 0.4) is 0 Å². The minimum Gasteiger partial charge on any atom is -0.876 e. The molecule has 0 aliphatic rings. The Hall–Kier alpha value is -1.04. The van der Waals surface area contributed by atoms with Gasteiger partial charge in [-0.3, -0.25) is 4.79 Å². The highest BCUT2D eigenvalue weighted by molar-refractivity contribution is 5.85. The Morgan fingerprint density at radius 3 is 1.42 bits per heavy atom. The molecule has 0 heterocycles. The SMILES string of the molecule is C=C([O-])CC(=O)C(F)(F)F.CC[N+](CC)(CC)CC. The third-order valence-electron chi connectivity index (χ3n) is 3.36. The summed E-state index contributed by atoms with van der Waals surface area (Å²) in [6.45, 7) is 16.9. The van der Waals surface area contributed by atoms with Gasteiger partial charge in [-0.2, -0.15) is 13.2 Å². The molecule has 0 radical (unpaired) electrons. The van der Waals surface area contributed by atoms with Gasteiger partial charge in [0.25, 0.3) is 0 Å². The van der Waals surface area contributed by atoms with Gasteiger partial charge in [0.1, 0.15) is 0 Å². The number of hydrogen-bond donors (Lipinski definition) is 0. The van der Waals surface area contributed by atoms with Gasteiger partial charge >= 0.3 is 6.18 Å². The van der Waals surface area contributed by atoms with Crippen molar-refractivity contribution in [3.63, 3.8) is 0 Å². The molecule has 6 heteroatoms. The Morgan fingerprint density at radius 2 is 1.37 bits per heavy atom. The molecule has 0 atom stereocenters. The highest BCUT2D eigenvalue weighted by Gasteiger charge is 2.36. The molecule has 0 rings (SSSR count). The Kier molecular flexibility index (Phi) is 9.56. The lowest BCUT2D eigenvalue weighted by atomic mass is 10.2. The van der Waals surface area contributed by atoms with Crippen LogP contribution in [-0.2, 0) is 4.79 Å². The maximum absolute atomic E-state index is 11.3. The number of halogens is 3. The molecule has 0 spiro atoms. The number of allylic oxidation sites excluding steroid dienone is 1. The first-order valence-electron chi connectivity index (χ1n) is 6.38. The Balaban J connectivity index is 0. The fourth-order valence-corrected chi connectivity index (χ4v) is 1.62. The third-order valence-corrected chi connectivity index (χ3v) is 3.36. The summed E-state index contributed by atoms with van der Waals surface area (Å²) >= 11 is 0. The van der Waals surface area contributed by atoms with Crippen molar-refractivity contribution in [3.05, 3.63) is 12.3 Å². The molecule has 0 amide bonds. The Bertz CT molecular complexity index is 267. The summed E-state index contributed by atoms with van der Waals surface area (Å²) in [6, 6.07) is 0. The van der Waals surface area contributed by atoms with Crippen molar-refractivity contribution in [1.82, 2.24) is 0 Å². The van der Waals surface area contributed by atoms with Crippen LogP contribution in [0.5, 0.6) is 0 Å². The smallest absolute Gasteiger partial charge is 0.450 e. The van der Waals surface area contributed by atoms with Crippen molar-refractivity contribution < 1.29 is 27.6 Å². The average molecular weight is 283 g/mol. The van der Waals surface area contributed by atoms with Gasteiger partial charge in [0, 0.05) is 6.42 Å². The Morgan fingerprint density at radius 1 is 1.05 bits per heavy atom. The standard InChI is InChI=1S/C8H20N.C5H5F3O2/c1-5-9(6-2,7-3)8-4;1-3(9)2-4(10)5(6,7)8/h5-8H2,1-4H3;9H,1-2H2/q+1;/p-1. The van der Waals surface area contributed by atoms with E-state index in [0.717, 1.165) is 0 Å². The van der Waals surface area contributed by atoms with Crippen LogP contribution < -0.4 is 5.11 Å². The first kappa shape index (κ1) is 20.3. The summed E-state index contributed by atoms with van der Waals surface area (Å²) < 4.78 is 35.1. The second kappa shape index (κ2) is 8.96. The van der Waals surface area contributed by atoms with E-state index in [-0.39, 0.29) is 0 Å². The molecule has 0 bridgehead atoms. The van der Waals surface area contributed by atoms with E-state index in [1.54, 1.807) is 0 Å². The van der Waals surface area contributed by atoms with E-state index in [1.165, 1.54) is 30.7 Å². The largest absolute Gasteiger partial charge is 0.876 e. The van der Waals surface area contributed by atoms with Gasteiger partial charge in [-0.05, 0) is 27.7 Å². The van der Waals surface area contributed by atoms with Crippen molar-refractivity contribution in [1.29, 1.82) is 0 Å². The molecule has 3 nitrogen and oxygen atoms in total. The number of hydrogen-bond acceptors (Lipinski definition) is 2. The van der Waals surface area contributed by atoms with Gasteiger partial charge in [-0.1, -0.05) is 0 Å². The van der Waals surface area contributed by atoms with Crippen molar-refractivity contribution in [2.45, 2.75) is 40.3 Å². The van der Waals surface area contributed by atoms with Crippen LogP contribution in [0.2, 0.25) is 0 Å². The summed E-state index contributed by atoms with van der Waals surface area (Å²) in [7, 11) is 0. The van der Waals surface area contributed by atoms with E-state index in [4.69, 9.17) is 0 Å². The molecule has 0 fully saturated rings. The van der Waals surface area contributed by atoms with Gasteiger partial charge in [-0.25, -0.2) is 0 Å². The maximum Gasteiger partial charge on any atom is 0.450 e. The van der Waals surface area contributed by atoms with Crippen LogP contribution in [0.15, 0.2) is 12.3 Å². The fourth-order valence-electron chi connectivity index (χ4n) is 1.62. The number of carbonyl (C=O) groups excluding carboxylic acids is 1. The highest BCUT2D eigenvalue weighted by Crippen LogP contribution is 2.18. The van der Waals surface area contributed by atoms with Gasteiger partial charge < -0.3 is 9.59 Å². The summed E-state index contributed by atoms with van der Waals surface area (Å²) in [6.07, 6.45) is -6.07. The van der Waals surface area contributed by atoms with E-state index in [1.807, 2.05) is 0 Å². The van der Waals surface area contributed by atoms with Crippen LogP contribution in [0, 0.1) is 0 Å². The van der Waals surface area contributed by atoms with Crippen molar-refractivity contribution >= 4 is 5.78 Å². The zero-order valence-corrected chi connectivity index (χ0v) is 12.1. The molecule has 0 aromatic rings. The lowest BCUT2D eigenvalue weighted by Crippen LogP contribution is -2.47.